The normalized spacial score (nSPS) is 22.3. The van der Waals surface area contributed by atoms with E-state index in [9.17, 15) is 4.79 Å². The summed E-state index contributed by atoms with van der Waals surface area (Å²) >= 11 is 0. The summed E-state index contributed by atoms with van der Waals surface area (Å²) in [6, 6.07) is 0. The smallest absolute Gasteiger partial charge is 0.182 e. The van der Waals surface area contributed by atoms with E-state index in [1.807, 2.05) is 24.3 Å². The van der Waals surface area contributed by atoms with E-state index in [4.69, 9.17) is 0 Å². The van der Waals surface area contributed by atoms with Gasteiger partial charge in [-0.3, -0.25) is 4.79 Å². The second kappa shape index (κ2) is 7.61. The minimum atomic E-state index is 0.130. The van der Waals surface area contributed by atoms with Gasteiger partial charge >= 0.3 is 0 Å². The topological polar surface area (TPSA) is 17.1 Å². The maximum absolute atomic E-state index is 11.6. The van der Waals surface area contributed by atoms with Gasteiger partial charge in [0, 0.05) is 11.5 Å². The molecule has 0 amide bonds. The second-order valence-corrected chi connectivity index (χ2v) is 4.02. The zero-order chi connectivity index (χ0) is 12.5. The third-order valence-corrected chi connectivity index (χ3v) is 2.67. The fourth-order valence-corrected chi connectivity index (χ4v) is 1.77. The summed E-state index contributed by atoms with van der Waals surface area (Å²) in [4.78, 5) is 11.6. The van der Waals surface area contributed by atoms with Gasteiger partial charge in [0.2, 0.25) is 0 Å². The number of carbonyl (C=O) groups is 1. The lowest BCUT2D eigenvalue weighted by Crippen LogP contribution is -2.01. The Balaban J connectivity index is 2.54. The van der Waals surface area contributed by atoms with Crippen LogP contribution in [0.5, 0.6) is 0 Å². The molecule has 17 heavy (non-hydrogen) atoms. The van der Waals surface area contributed by atoms with Crippen LogP contribution < -0.4 is 0 Å². The molecule has 0 radical (unpaired) electrons. The van der Waals surface area contributed by atoms with E-state index in [0.717, 1.165) is 24.8 Å². The van der Waals surface area contributed by atoms with Gasteiger partial charge in [-0.05, 0) is 25.3 Å². The van der Waals surface area contributed by atoms with Crippen molar-refractivity contribution in [3.63, 3.8) is 0 Å². The van der Waals surface area contributed by atoms with Gasteiger partial charge in [-0.15, -0.1) is 6.58 Å². The van der Waals surface area contributed by atoms with E-state index >= 15 is 0 Å². The molecule has 90 valence electrons. The largest absolute Gasteiger partial charge is 0.290 e. The van der Waals surface area contributed by atoms with Crippen molar-refractivity contribution < 1.29 is 4.79 Å². The third-order valence-electron chi connectivity index (χ3n) is 2.67. The number of allylic oxidation sites excluding steroid dienone is 9. The summed E-state index contributed by atoms with van der Waals surface area (Å²) in [5.74, 6) is 0.349. The highest BCUT2D eigenvalue weighted by atomic mass is 16.1. The first kappa shape index (κ1) is 13.4. The minimum absolute atomic E-state index is 0.130. The summed E-state index contributed by atoms with van der Waals surface area (Å²) in [5.41, 5.74) is 0.876. The van der Waals surface area contributed by atoms with Crippen molar-refractivity contribution >= 4 is 5.78 Å². The summed E-state index contributed by atoms with van der Waals surface area (Å²) in [7, 11) is 0. The van der Waals surface area contributed by atoms with Gasteiger partial charge in [-0.2, -0.15) is 0 Å². The van der Waals surface area contributed by atoms with Crippen LogP contribution in [-0.4, -0.2) is 5.78 Å². The van der Waals surface area contributed by atoms with Gasteiger partial charge in [0.1, 0.15) is 0 Å². The number of rotatable bonds is 6. The Morgan fingerprint density at radius 1 is 1.35 bits per heavy atom. The number of carbonyl (C=O) groups excluding carboxylic acids is 1. The lowest BCUT2D eigenvalue weighted by atomic mass is 9.98. The molecule has 1 aliphatic carbocycles. The molecular weight excluding hydrogens is 208 g/mol. The maximum atomic E-state index is 11.6. The van der Waals surface area contributed by atoms with E-state index < -0.39 is 0 Å². The molecule has 1 nitrogen and oxygen atoms in total. The van der Waals surface area contributed by atoms with Gasteiger partial charge in [0.25, 0.3) is 0 Å². The van der Waals surface area contributed by atoms with Crippen molar-refractivity contribution in [1.29, 1.82) is 0 Å². The molecule has 0 aliphatic heterocycles. The van der Waals surface area contributed by atoms with Gasteiger partial charge in [-0.25, -0.2) is 0 Å². The molecule has 0 aromatic carbocycles. The van der Waals surface area contributed by atoms with Crippen LogP contribution in [0.15, 0.2) is 60.8 Å². The Hall–Kier alpha value is -1.63. The van der Waals surface area contributed by atoms with Gasteiger partial charge in [0.05, 0.1) is 0 Å². The Bertz CT molecular complexity index is 380. The van der Waals surface area contributed by atoms with Crippen molar-refractivity contribution in [2.75, 3.05) is 0 Å². The first-order valence-electron chi connectivity index (χ1n) is 6.14. The number of hydrogen-bond acceptors (Lipinski definition) is 1. The predicted molar refractivity (Wildman–Crippen MR) is 73.7 cm³/mol. The van der Waals surface area contributed by atoms with Crippen LogP contribution in [0.3, 0.4) is 0 Å². The molecule has 0 saturated heterocycles. The molecule has 1 aliphatic rings. The van der Waals surface area contributed by atoms with Crippen LogP contribution in [0.25, 0.3) is 0 Å². The van der Waals surface area contributed by atoms with Gasteiger partial charge in [-0.1, -0.05) is 49.5 Å². The lowest BCUT2D eigenvalue weighted by Gasteiger charge is -2.05. The van der Waals surface area contributed by atoms with Crippen molar-refractivity contribution in [2.45, 2.75) is 26.2 Å². The van der Waals surface area contributed by atoms with Crippen LogP contribution >= 0.6 is 0 Å². The molecule has 0 aromatic heterocycles. The zero-order valence-electron chi connectivity index (χ0n) is 10.4. The molecule has 0 saturated carbocycles. The fraction of sp³-hybridized carbons (Fsp3) is 0.312. The van der Waals surface area contributed by atoms with Crippen molar-refractivity contribution in [2.24, 2.45) is 5.92 Å². The van der Waals surface area contributed by atoms with E-state index in [-0.39, 0.29) is 11.7 Å². The van der Waals surface area contributed by atoms with Crippen molar-refractivity contribution in [3.05, 3.63) is 60.8 Å². The second-order valence-electron chi connectivity index (χ2n) is 4.02. The fourth-order valence-electron chi connectivity index (χ4n) is 1.77. The summed E-state index contributed by atoms with van der Waals surface area (Å²) in [5, 5.41) is 0. The third kappa shape index (κ3) is 4.39. The quantitative estimate of drug-likeness (QED) is 0.493. The highest BCUT2D eigenvalue weighted by Crippen LogP contribution is 2.24. The Morgan fingerprint density at radius 2 is 2.18 bits per heavy atom. The highest BCUT2D eigenvalue weighted by Gasteiger charge is 2.20. The molecule has 1 rings (SSSR count). The van der Waals surface area contributed by atoms with Crippen molar-refractivity contribution in [1.82, 2.24) is 0 Å². The van der Waals surface area contributed by atoms with E-state index in [2.05, 4.69) is 31.7 Å². The van der Waals surface area contributed by atoms with E-state index in [0.29, 0.717) is 0 Å². The van der Waals surface area contributed by atoms with Crippen LogP contribution in [0.2, 0.25) is 0 Å². The van der Waals surface area contributed by atoms with Crippen LogP contribution in [0.4, 0.5) is 0 Å². The average molecular weight is 228 g/mol. The Labute approximate surface area is 104 Å². The SMILES string of the molecule is C=CC[C@H]1C=CC(=O)/C1=C/C=C/C/C=C\CC. The maximum Gasteiger partial charge on any atom is 0.182 e. The van der Waals surface area contributed by atoms with E-state index in [1.54, 1.807) is 6.08 Å². The summed E-state index contributed by atoms with van der Waals surface area (Å²) in [6.45, 7) is 5.83. The zero-order valence-corrected chi connectivity index (χ0v) is 10.4. The van der Waals surface area contributed by atoms with Crippen LogP contribution in [0, 0.1) is 5.92 Å². The molecule has 1 heteroatoms. The molecule has 0 heterocycles. The lowest BCUT2D eigenvalue weighted by molar-refractivity contribution is -0.111. The molecule has 0 spiro atoms. The molecule has 0 N–H and O–H groups in total. The monoisotopic (exact) mass is 228 g/mol. The predicted octanol–water partition coefficient (Wildman–Crippen LogP) is 4.16. The van der Waals surface area contributed by atoms with Gasteiger partial charge in [0.15, 0.2) is 5.78 Å². The average Bonchev–Trinajstić information content (AvgIpc) is 2.66. The van der Waals surface area contributed by atoms with Crippen LogP contribution in [0.1, 0.15) is 26.2 Å². The molecular formula is C16H20O. The Kier molecular flexibility index (Phi) is 6.02. The number of ketones is 1. The summed E-state index contributed by atoms with van der Waals surface area (Å²) in [6.07, 6.45) is 18.5. The van der Waals surface area contributed by atoms with Crippen LogP contribution in [-0.2, 0) is 4.79 Å². The molecule has 1 atom stereocenters. The first-order chi connectivity index (χ1) is 8.29. The standard InChI is InChI=1S/C16H20O/c1-3-5-6-7-8-9-11-15-14(10-4-2)12-13-16(15)17/h4-6,8-9,11-14H,2-3,7,10H2,1H3/b6-5-,9-8+,15-11+/t14-/m0/s1. The minimum Gasteiger partial charge on any atom is -0.290 e. The molecule has 0 fully saturated rings. The molecule has 0 bridgehead atoms. The first-order valence-corrected chi connectivity index (χ1v) is 6.14. The number of hydrogen-bond donors (Lipinski definition) is 0. The van der Waals surface area contributed by atoms with Gasteiger partial charge < -0.3 is 0 Å². The van der Waals surface area contributed by atoms with Crippen molar-refractivity contribution in [3.8, 4) is 0 Å². The molecule has 0 aromatic rings. The van der Waals surface area contributed by atoms with E-state index in [1.165, 1.54) is 0 Å². The highest BCUT2D eigenvalue weighted by molar-refractivity contribution is 6.07. The Morgan fingerprint density at radius 3 is 2.88 bits per heavy atom. The molecule has 0 unspecified atom stereocenters. The summed E-state index contributed by atoms with van der Waals surface area (Å²) < 4.78 is 0.